The van der Waals surface area contributed by atoms with E-state index in [9.17, 15) is 0 Å². The predicted octanol–water partition coefficient (Wildman–Crippen LogP) is 1.32. The number of rotatable bonds is 6. The van der Waals surface area contributed by atoms with Gasteiger partial charge in [-0.05, 0) is 24.1 Å². The first-order chi connectivity index (χ1) is 9.22. The Morgan fingerprint density at radius 3 is 2.63 bits per heavy atom. The number of aromatic nitrogens is 2. The van der Waals surface area contributed by atoms with Gasteiger partial charge in [-0.2, -0.15) is 0 Å². The summed E-state index contributed by atoms with van der Waals surface area (Å²) in [6.07, 6.45) is 0.780. The van der Waals surface area contributed by atoms with Gasteiger partial charge >= 0.3 is 12.0 Å². The molecule has 0 fully saturated rings. The van der Waals surface area contributed by atoms with Gasteiger partial charge in [0.05, 0.1) is 14.2 Å². The van der Waals surface area contributed by atoms with Crippen LogP contribution in [0, 0.1) is 0 Å². The highest BCUT2D eigenvalue weighted by atomic mass is 16.5. The van der Waals surface area contributed by atoms with Gasteiger partial charge in [0.15, 0.2) is 11.5 Å². The lowest BCUT2D eigenvalue weighted by Crippen LogP contribution is -2.05. The Kier molecular flexibility index (Phi) is 4.07. The molecule has 0 spiro atoms. The third-order valence-electron chi connectivity index (χ3n) is 2.58. The minimum atomic E-state index is 0.0496. The third-order valence-corrected chi connectivity index (χ3v) is 2.58. The average Bonchev–Trinajstić information content (AvgIpc) is 2.84. The molecular weight excluding hydrogens is 248 g/mol. The molecule has 1 aromatic carbocycles. The minimum absolute atomic E-state index is 0.0496. The second-order valence-electron chi connectivity index (χ2n) is 3.81. The molecule has 1 aromatic heterocycles. The van der Waals surface area contributed by atoms with Gasteiger partial charge in [-0.3, -0.25) is 0 Å². The summed E-state index contributed by atoms with van der Waals surface area (Å²) in [6, 6.07) is 6.15. The summed E-state index contributed by atoms with van der Waals surface area (Å²) in [7, 11) is 3.22. The van der Waals surface area contributed by atoms with Crippen LogP contribution in [0.15, 0.2) is 22.6 Å². The lowest BCUT2D eigenvalue weighted by molar-refractivity contribution is 0.354. The van der Waals surface area contributed by atoms with Gasteiger partial charge in [-0.25, -0.2) is 0 Å². The first-order valence-electron chi connectivity index (χ1n) is 5.76. The molecule has 0 radical (unpaired) electrons. The largest absolute Gasteiger partial charge is 0.493 e. The zero-order valence-electron chi connectivity index (χ0n) is 10.8. The van der Waals surface area contributed by atoms with Gasteiger partial charge in [-0.15, -0.1) is 0 Å². The molecule has 0 atom stereocenters. The normalized spacial score (nSPS) is 10.2. The van der Waals surface area contributed by atoms with Crippen LogP contribution in [0.5, 0.6) is 11.5 Å². The second kappa shape index (κ2) is 5.94. The lowest BCUT2D eigenvalue weighted by Gasteiger charge is -2.09. The molecule has 2 aromatic rings. The summed E-state index contributed by atoms with van der Waals surface area (Å²) in [4.78, 5) is 0. The summed E-state index contributed by atoms with van der Waals surface area (Å²) < 4.78 is 15.4. The number of hydrogen-bond acceptors (Lipinski definition) is 7. The van der Waals surface area contributed by atoms with Crippen LogP contribution in [0.2, 0.25) is 0 Å². The molecule has 0 unspecified atom stereocenters. The monoisotopic (exact) mass is 264 g/mol. The number of methoxy groups -OCH3 is 2. The van der Waals surface area contributed by atoms with Crippen LogP contribution in [0.4, 0.5) is 12.0 Å². The first kappa shape index (κ1) is 13.0. The maximum absolute atomic E-state index is 5.32. The van der Waals surface area contributed by atoms with Crippen molar-refractivity contribution >= 4 is 12.0 Å². The van der Waals surface area contributed by atoms with Gasteiger partial charge in [0.2, 0.25) is 0 Å². The molecule has 3 N–H and O–H groups in total. The number of hydrogen-bond donors (Lipinski definition) is 2. The number of anilines is 2. The molecule has 1 heterocycles. The van der Waals surface area contributed by atoms with Crippen molar-refractivity contribution in [3.8, 4) is 11.5 Å². The summed E-state index contributed by atoms with van der Waals surface area (Å²) >= 11 is 0. The van der Waals surface area contributed by atoms with E-state index in [4.69, 9.17) is 19.6 Å². The number of nitrogens with zero attached hydrogens (tertiary/aromatic N) is 2. The van der Waals surface area contributed by atoms with E-state index in [-0.39, 0.29) is 6.01 Å². The highest BCUT2D eigenvalue weighted by molar-refractivity contribution is 5.43. The summed E-state index contributed by atoms with van der Waals surface area (Å²) in [6.45, 7) is 0.650. The van der Waals surface area contributed by atoms with Crippen molar-refractivity contribution in [2.45, 2.75) is 6.42 Å². The van der Waals surface area contributed by atoms with Crippen molar-refractivity contribution in [1.82, 2.24) is 10.2 Å². The summed E-state index contributed by atoms with van der Waals surface area (Å²) in [5.74, 6) is 1.42. The Hall–Kier alpha value is -2.44. The van der Waals surface area contributed by atoms with Crippen LogP contribution in [-0.2, 0) is 6.42 Å². The zero-order valence-corrected chi connectivity index (χ0v) is 10.8. The number of nitrogens with one attached hydrogen (secondary N) is 1. The highest BCUT2D eigenvalue weighted by Gasteiger charge is 2.05. The van der Waals surface area contributed by atoms with Gasteiger partial charge in [0.1, 0.15) is 0 Å². The van der Waals surface area contributed by atoms with Crippen molar-refractivity contribution < 1.29 is 13.9 Å². The number of ether oxygens (including phenoxy) is 2. The Morgan fingerprint density at radius 2 is 2.00 bits per heavy atom. The lowest BCUT2D eigenvalue weighted by atomic mass is 10.1. The minimum Gasteiger partial charge on any atom is -0.493 e. The number of nitrogens with two attached hydrogens (primary N) is 1. The molecule has 2 rings (SSSR count). The number of nitrogen functional groups attached to an aromatic ring is 1. The maximum atomic E-state index is 5.32. The fraction of sp³-hybridized carbons (Fsp3) is 0.333. The molecule has 102 valence electrons. The molecule has 0 amide bonds. The van der Waals surface area contributed by atoms with Crippen molar-refractivity contribution in [3.63, 3.8) is 0 Å². The zero-order chi connectivity index (χ0) is 13.7. The first-order valence-corrected chi connectivity index (χ1v) is 5.76. The maximum Gasteiger partial charge on any atom is 0.316 e. The van der Waals surface area contributed by atoms with Gasteiger partial charge in [0, 0.05) is 6.54 Å². The summed E-state index contributed by atoms with van der Waals surface area (Å²) in [5.41, 5.74) is 6.43. The van der Waals surface area contributed by atoms with E-state index >= 15 is 0 Å². The van der Waals surface area contributed by atoms with E-state index in [2.05, 4.69) is 15.5 Å². The Morgan fingerprint density at radius 1 is 1.21 bits per heavy atom. The Bertz CT molecular complexity index is 542. The summed E-state index contributed by atoms with van der Waals surface area (Å²) in [5, 5.41) is 10.3. The topological polar surface area (TPSA) is 95.4 Å². The van der Waals surface area contributed by atoms with Crippen LogP contribution in [0.1, 0.15) is 5.56 Å². The van der Waals surface area contributed by atoms with E-state index in [0.29, 0.717) is 24.1 Å². The predicted molar refractivity (Wildman–Crippen MR) is 70.5 cm³/mol. The molecule has 0 aliphatic heterocycles. The third kappa shape index (κ3) is 3.27. The standard InChI is InChI=1S/C12H16N4O3/c1-17-9-4-3-8(7-10(9)18-2)5-6-14-12-16-15-11(13)19-12/h3-4,7H,5-6H2,1-2H3,(H2,13,15)(H,14,16). The van der Waals surface area contributed by atoms with Crippen LogP contribution >= 0.6 is 0 Å². The van der Waals surface area contributed by atoms with Crippen molar-refractivity contribution in [3.05, 3.63) is 23.8 Å². The van der Waals surface area contributed by atoms with E-state index < -0.39 is 0 Å². The van der Waals surface area contributed by atoms with Crippen LogP contribution < -0.4 is 20.5 Å². The molecule has 0 saturated heterocycles. The fourth-order valence-electron chi connectivity index (χ4n) is 1.66. The molecule has 7 nitrogen and oxygen atoms in total. The van der Waals surface area contributed by atoms with Crippen LogP contribution in [-0.4, -0.2) is 31.0 Å². The van der Waals surface area contributed by atoms with Gasteiger partial charge < -0.3 is 24.9 Å². The Labute approximate surface area is 110 Å². The van der Waals surface area contributed by atoms with Crippen molar-refractivity contribution in [1.29, 1.82) is 0 Å². The molecule has 0 aliphatic rings. The molecule has 7 heteroatoms. The molecular formula is C12H16N4O3. The second-order valence-corrected chi connectivity index (χ2v) is 3.81. The fourth-order valence-corrected chi connectivity index (χ4v) is 1.66. The highest BCUT2D eigenvalue weighted by Crippen LogP contribution is 2.27. The molecule has 0 aliphatic carbocycles. The van der Waals surface area contributed by atoms with Gasteiger partial charge in [-0.1, -0.05) is 16.3 Å². The molecule has 0 saturated carbocycles. The number of benzene rings is 1. The van der Waals surface area contributed by atoms with Crippen LogP contribution in [0.25, 0.3) is 0 Å². The van der Waals surface area contributed by atoms with Gasteiger partial charge in [0.25, 0.3) is 0 Å². The SMILES string of the molecule is COc1ccc(CCNc2nnc(N)o2)cc1OC. The van der Waals surface area contributed by atoms with E-state index in [0.717, 1.165) is 12.0 Å². The smallest absolute Gasteiger partial charge is 0.316 e. The van der Waals surface area contributed by atoms with Crippen molar-refractivity contribution in [2.75, 3.05) is 31.8 Å². The molecule has 0 bridgehead atoms. The van der Waals surface area contributed by atoms with E-state index in [1.807, 2.05) is 18.2 Å². The van der Waals surface area contributed by atoms with E-state index in [1.54, 1.807) is 14.2 Å². The quantitative estimate of drug-likeness (QED) is 0.812. The average molecular weight is 264 g/mol. The van der Waals surface area contributed by atoms with Crippen LogP contribution in [0.3, 0.4) is 0 Å². The Balaban J connectivity index is 1.92. The van der Waals surface area contributed by atoms with Crippen molar-refractivity contribution in [2.24, 2.45) is 0 Å². The van der Waals surface area contributed by atoms with E-state index in [1.165, 1.54) is 0 Å². The molecule has 19 heavy (non-hydrogen) atoms.